The smallest absolute Gasteiger partial charge is 0.188 e. The molecule has 0 unspecified atom stereocenters. The van der Waals surface area contributed by atoms with Crippen molar-refractivity contribution < 1.29 is 4.42 Å². The van der Waals surface area contributed by atoms with Crippen molar-refractivity contribution in [2.45, 2.75) is 12.5 Å². The Balaban J connectivity index is 1.81. The number of guanidine groups is 1. The normalized spacial score (nSPS) is 13.3. The van der Waals surface area contributed by atoms with E-state index in [1.165, 1.54) is 0 Å². The number of nitrogens with two attached hydrogens (primary N) is 1. The van der Waals surface area contributed by atoms with Gasteiger partial charge in [-0.3, -0.25) is 14.9 Å². The lowest BCUT2D eigenvalue weighted by Gasteiger charge is -2.20. The van der Waals surface area contributed by atoms with Crippen LogP contribution in [0.3, 0.4) is 0 Å². The molecule has 2 aromatic heterocycles. The fourth-order valence-electron chi connectivity index (χ4n) is 2.09. The van der Waals surface area contributed by atoms with Gasteiger partial charge in [-0.05, 0) is 38.4 Å². The van der Waals surface area contributed by atoms with E-state index in [9.17, 15) is 0 Å². The van der Waals surface area contributed by atoms with Crippen molar-refractivity contribution in [1.29, 1.82) is 0 Å². The first-order valence-corrected chi connectivity index (χ1v) is 7.30. The van der Waals surface area contributed by atoms with E-state index in [1.54, 1.807) is 12.5 Å². The van der Waals surface area contributed by atoms with Gasteiger partial charge >= 0.3 is 0 Å². The molecule has 6 heteroatoms. The molecule has 3 N–H and O–H groups in total. The van der Waals surface area contributed by atoms with Crippen LogP contribution in [0.4, 0.5) is 0 Å². The summed E-state index contributed by atoms with van der Waals surface area (Å²) in [6, 6.07) is 9.78. The van der Waals surface area contributed by atoms with Crippen LogP contribution in [0.5, 0.6) is 0 Å². The Hall–Kier alpha value is -2.34. The van der Waals surface area contributed by atoms with Gasteiger partial charge in [0, 0.05) is 24.9 Å². The van der Waals surface area contributed by atoms with E-state index < -0.39 is 0 Å². The molecule has 6 nitrogen and oxygen atoms in total. The summed E-state index contributed by atoms with van der Waals surface area (Å²) in [4.78, 5) is 10.7. The average molecular weight is 301 g/mol. The van der Waals surface area contributed by atoms with E-state index in [-0.39, 0.29) is 6.04 Å². The number of furan rings is 1. The van der Waals surface area contributed by atoms with E-state index in [4.69, 9.17) is 10.2 Å². The average Bonchev–Trinajstić information content (AvgIpc) is 3.02. The number of pyridine rings is 1. The van der Waals surface area contributed by atoms with Gasteiger partial charge in [-0.25, -0.2) is 0 Å². The molecular formula is C16H23N5O. The Morgan fingerprint density at radius 1 is 1.36 bits per heavy atom. The Morgan fingerprint density at radius 3 is 2.86 bits per heavy atom. The largest absolute Gasteiger partial charge is 0.468 e. The van der Waals surface area contributed by atoms with Gasteiger partial charge in [0.25, 0.3) is 0 Å². The van der Waals surface area contributed by atoms with Gasteiger partial charge in [0.1, 0.15) is 5.76 Å². The van der Waals surface area contributed by atoms with E-state index in [1.807, 2.05) is 44.4 Å². The summed E-state index contributed by atoms with van der Waals surface area (Å²) >= 11 is 0. The van der Waals surface area contributed by atoms with Gasteiger partial charge in [0.15, 0.2) is 5.96 Å². The highest BCUT2D eigenvalue weighted by Crippen LogP contribution is 2.18. The molecule has 0 aliphatic carbocycles. The first-order valence-electron chi connectivity index (χ1n) is 7.30. The molecule has 1 atom stereocenters. The standard InChI is InChI=1S/C16H23N5O/c1-21(2)14(15-7-5-11-22-15)12-20-16(17)19-10-8-13-6-3-4-9-18-13/h3-7,9,11,14H,8,10,12H2,1-2H3,(H3,17,19,20)/t14-/m1/s1. The number of nitrogens with one attached hydrogen (secondary N) is 1. The third-order valence-corrected chi connectivity index (χ3v) is 3.34. The Labute approximate surface area is 131 Å². The minimum Gasteiger partial charge on any atom is -0.468 e. The van der Waals surface area contributed by atoms with Crippen molar-refractivity contribution in [1.82, 2.24) is 15.2 Å². The maximum absolute atomic E-state index is 5.91. The zero-order valence-electron chi connectivity index (χ0n) is 13.1. The summed E-state index contributed by atoms with van der Waals surface area (Å²) in [5.74, 6) is 1.32. The van der Waals surface area contributed by atoms with Crippen molar-refractivity contribution in [3.63, 3.8) is 0 Å². The third kappa shape index (κ3) is 4.89. The van der Waals surface area contributed by atoms with Gasteiger partial charge < -0.3 is 15.5 Å². The molecule has 2 aromatic rings. The molecule has 118 valence electrons. The molecule has 0 fully saturated rings. The van der Waals surface area contributed by atoms with Crippen LogP contribution in [0.25, 0.3) is 0 Å². The lowest BCUT2D eigenvalue weighted by Crippen LogP contribution is -2.34. The van der Waals surface area contributed by atoms with Gasteiger partial charge in [-0.2, -0.15) is 0 Å². The highest BCUT2D eigenvalue weighted by Gasteiger charge is 2.16. The number of hydrogen-bond acceptors (Lipinski definition) is 4. The van der Waals surface area contributed by atoms with E-state index in [0.29, 0.717) is 19.0 Å². The minimum absolute atomic E-state index is 0.0751. The van der Waals surface area contributed by atoms with Gasteiger partial charge in [0.2, 0.25) is 0 Å². The summed E-state index contributed by atoms with van der Waals surface area (Å²) in [5.41, 5.74) is 6.94. The summed E-state index contributed by atoms with van der Waals surface area (Å²) in [5, 5.41) is 3.11. The van der Waals surface area contributed by atoms with Crippen LogP contribution in [0.15, 0.2) is 52.2 Å². The van der Waals surface area contributed by atoms with E-state index in [0.717, 1.165) is 17.9 Å². The zero-order valence-corrected chi connectivity index (χ0v) is 13.1. The van der Waals surface area contributed by atoms with Crippen molar-refractivity contribution in [2.24, 2.45) is 10.7 Å². The van der Waals surface area contributed by atoms with Crippen molar-refractivity contribution in [3.8, 4) is 0 Å². The fourth-order valence-corrected chi connectivity index (χ4v) is 2.09. The molecule has 0 aliphatic heterocycles. The minimum atomic E-state index is 0.0751. The predicted octanol–water partition coefficient (Wildman–Crippen LogP) is 1.42. The lowest BCUT2D eigenvalue weighted by atomic mass is 10.2. The zero-order chi connectivity index (χ0) is 15.8. The molecule has 0 spiro atoms. The first-order chi connectivity index (χ1) is 10.7. The van der Waals surface area contributed by atoms with Gasteiger partial charge in [0.05, 0.1) is 18.8 Å². The maximum Gasteiger partial charge on any atom is 0.188 e. The number of nitrogens with zero attached hydrogens (tertiary/aromatic N) is 3. The summed E-state index contributed by atoms with van der Waals surface area (Å²) < 4.78 is 5.45. The van der Waals surface area contributed by atoms with Crippen LogP contribution in [0.1, 0.15) is 17.5 Å². The number of hydrogen-bond donors (Lipinski definition) is 2. The van der Waals surface area contributed by atoms with Gasteiger partial charge in [-0.15, -0.1) is 0 Å². The molecule has 0 radical (unpaired) electrons. The second kappa shape index (κ2) is 8.19. The molecule has 2 rings (SSSR count). The monoisotopic (exact) mass is 301 g/mol. The topological polar surface area (TPSA) is 79.7 Å². The summed E-state index contributed by atoms with van der Waals surface area (Å²) in [7, 11) is 3.99. The summed E-state index contributed by atoms with van der Waals surface area (Å²) in [6.45, 7) is 1.25. The molecular weight excluding hydrogens is 278 g/mol. The highest BCUT2D eigenvalue weighted by atomic mass is 16.3. The number of aliphatic imine (C=N–C) groups is 1. The van der Waals surface area contributed by atoms with Crippen LogP contribution in [0, 0.1) is 0 Å². The molecule has 0 aromatic carbocycles. The van der Waals surface area contributed by atoms with Crippen LogP contribution in [0.2, 0.25) is 0 Å². The van der Waals surface area contributed by atoms with Crippen molar-refractivity contribution in [2.75, 3.05) is 27.2 Å². The number of aromatic nitrogens is 1. The number of likely N-dealkylation sites (N-methyl/N-ethyl adjacent to an activating group) is 1. The van der Waals surface area contributed by atoms with Crippen LogP contribution in [-0.4, -0.2) is 43.0 Å². The first kappa shape index (κ1) is 16.0. The molecule has 2 heterocycles. The van der Waals surface area contributed by atoms with E-state index >= 15 is 0 Å². The maximum atomic E-state index is 5.91. The fraction of sp³-hybridized carbons (Fsp3) is 0.375. The van der Waals surface area contributed by atoms with Crippen LogP contribution in [-0.2, 0) is 6.42 Å². The Morgan fingerprint density at radius 2 is 2.23 bits per heavy atom. The highest BCUT2D eigenvalue weighted by molar-refractivity contribution is 5.77. The van der Waals surface area contributed by atoms with Crippen molar-refractivity contribution >= 4 is 5.96 Å². The second-order valence-electron chi connectivity index (χ2n) is 5.22. The van der Waals surface area contributed by atoms with Crippen LogP contribution >= 0.6 is 0 Å². The van der Waals surface area contributed by atoms with E-state index in [2.05, 4.69) is 20.2 Å². The Bertz CT molecular complexity index is 565. The quantitative estimate of drug-likeness (QED) is 0.597. The van der Waals surface area contributed by atoms with Gasteiger partial charge in [-0.1, -0.05) is 6.07 Å². The molecule has 22 heavy (non-hydrogen) atoms. The lowest BCUT2D eigenvalue weighted by molar-refractivity contribution is 0.265. The third-order valence-electron chi connectivity index (χ3n) is 3.34. The molecule has 0 amide bonds. The SMILES string of the molecule is CN(C)[C@H](CN=C(N)NCCc1ccccn1)c1ccco1. The molecule has 0 saturated carbocycles. The number of rotatable bonds is 7. The van der Waals surface area contributed by atoms with Crippen molar-refractivity contribution in [3.05, 3.63) is 54.2 Å². The second-order valence-corrected chi connectivity index (χ2v) is 5.22. The molecule has 0 aliphatic rings. The summed E-state index contributed by atoms with van der Waals surface area (Å²) in [6.07, 6.45) is 4.27. The van der Waals surface area contributed by atoms with Crippen LogP contribution < -0.4 is 11.1 Å². The molecule has 0 saturated heterocycles. The molecule has 0 bridgehead atoms. The predicted molar refractivity (Wildman–Crippen MR) is 87.6 cm³/mol. The Kier molecular flexibility index (Phi) is 5.97.